The summed E-state index contributed by atoms with van der Waals surface area (Å²) in [5.41, 5.74) is 0.376. The smallest absolute Gasteiger partial charge is 0.345 e. The lowest BCUT2D eigenvalue weighted by atomic mass is 10.1. The molecule has 0 heterocycles. The highest BCUT2D eigenvalue weighted by Crippen LogP contribution is 2.28. The van der Waals surface area contributed by atoms with Gasteiger partial charge in [0.25, 0.3) is 0 Å². The Balaban J connectivity index is 1.97. The molecule has 0 saturated heterocycles. The molecule has 0 aliphatic rings. The predicted molar refractivity (Wildman–Crippen MR) is 92.1 cm³/mol. The van der Waals surface area contributed by atoms with Crippen LogP contribution >= 0.6 is 23.4 Å². The molecule has 0 aromatic heterocycles. The fraction of sp³-hybridized carbons (Fsp3) is 0.0556. The Labute approximate surface area is 138 Å². The van der Waals surface area contributed by atoms with Crippen molar-refractivity contribution in [1.82, 2.24) is 0 Å². The molecule has 0 atom stereocenters. The van der Waals surface area contributed by atoms with Crippen LogP contribution in [0.1, 0.15) is 10.4 Å². The Kier molecular flexibility index (Phi) is 4.36. The van der Waals surface area contributed by atoms with Gasteiger partial charge < -0.3 is 4.74 Å². The number of esters is 1. The molecule has 0 amide bonds. The zero-order chi connectivity index (χ0) is 15.5. The standard InChI is InChI=1S/C18H13ClO2S/c1-22-13-9-10-16(19)15(11-13)18(20)21-17-8-4-6-12-5-2-3-7-14(12)17/h2-11H,1H3. The first-order valence-electron chi connectivity index (χ1n) is 6.72. The molecule has 0 saturated carbocycles. The Morgan fingerprint density at radius 2 is 1.82 bits per heavy atom. The first kappa shape index (κ1) is 14.9. The second kappa shape index (κ2) is 6.42. The Hall–Kier alpha value is -1.97. The van der Waals surface area contributed by atoms with Crippen molar-refractivity contribution in [2.75, 3.05) is 6.26 Å². The molecule has 0 unspecified atom stereocenters. The van der Waals surface area contributed by atoms with E-state index in [1.54, 1.807) is 30.0 Å². The highest BCUT2D eigenvalue weighted by Gasteiger charge is 2.15. The predicted octanol–water partition coefficient (Wildman–Crippen LogP) is 5.43. The maximum Gasteiger partial charge on any atom is 0.345 e. The van der Waals surface area contributed by atoms with Gasteiger partial charge in [0.2, 0.25) is 0 Å². The molecule has 110 valence electrons. The van der Waals surface area contributed by atoms with Gasteiger partial charge in [0, 0.05) is 10.3 Å². The van der Waals surface area contributed by atoms with Crippen LogP contribution < -0.4 is 4.74 Å². The summed E-state index contributed by atoms with van der Waals surface area (Å²) in [6, 6.07) is 18.8. The van der Waals surface area contributed by atoms with Gasteiger partial charge in [-0.2, -0.15) is 0 Å². The third kappa shape index (κ3) is 2.96. The van der Waals surface area contributed by atoms with Gasteiger partial charge in [0.05, 0.1) is 10.6 Å². The van der Waals surface area contributed by atoms with E-state index in [-0.39, 0.29) is 0 Å². The third-order valence-electron chi connectivity index (χ3n) is 3.35. The van der Waals surface area contributed by atoms with Gasteiger partial charge in [-0.15, -0.1) is 11.8 Å². The van der Waals surface area contributed by atoms with E-state index >= 15 is 0 Å². The largest absolute Gasteiger partial charge is 0.422 e. The van der Waals surface area contributed by atoms with Crippen molar-refractivity contribution in [3.63, 3.8) is 0 Å². The highest BCUT2D eigenvalue weighted by atomic mass is 35.5. The van der Waals surface area contributed by atoms with Crippen LogP contribution in [0.2, 0.25) is 5.02 Å². The Bertz CT molecular complexity index is 840. The number of benzene rings is 3. The molecule has 0 spiro atoms. The SMILES string of the molecule is CSc1ccc(Cl)c(C(=O)Oc2cccc3ccccc23)c1. The fourth-order valence-electron chi connectivity index (χ4n) is 2.23. The van der Waals surface area contributed by atoms with Gasteiger partial charge in [-0.3, -0.25) is 0 Å². The lowest BCUT2D eigenvalue weighted by Gasteiger charge is -2.09. The summed E-state index contributed by atoms with van der Waals surface area (Å²) in [5.74, 6) is 0.0889. The van der Waals surface area contributed by atoms with Crippen LogP contribution in [0, 0.1) is 0 Å². The number of carbonyl (C=O) groups is 1. The van der Waals surface area contributed by atoms with Gasteiger partial charge in [0.15, 0.2) is 0 Å². The van der Waals surface area contributed by atoms with Crippen LogP contribution in [-0.2, 0) is 0 Å². The quantitative estimate of drug-likeness (QED) is 0.364. The zero-order valence-corrected chi connectivity index (χ0v) is 13.4. The van der Waals surface area contributed by atoms with Crippen molar-refractivity contribution in [1.29, 1.82) is 0 Å². The van der Waals surface area contributed by atoms with E-state index in [4.69, 9.17) is 16.3 Å². The maximum atomic E-state index is 12.4. The molecule has 0 radical (unpaired) electrons. The van der Waals surface area contributed by atoms with E-state index in [0.29, 0.717) is 16.3 Å². The maximum absolute atomic E-state index is 12.4. The van der Waals surface area contributed by atoms with Crippen LogP contribution in [0.5, 0.6) is 5.75 Å². The second-order valence-corrected chi connectivity index (χ2v) is 6.00. The third-order valence-corrected chi connectivity index (χ3v) is 4.40. The second-order valence-electron chi connectivity index (χ2n) is 4.71. The molecular formula is C18H13ClO2S. The molecule has 3 aromatic rings. The molecule has 4 heteroatoms. The lowest BCUT2D eigenvalue weighted by Crippen LogP contribution is -2.09. The van der Waals surface area contributed by atoms with E-state index in [0.717, 1.165) is 15.7 Å². The fourth-order valence-corrected chi connectivity index (χ4v) is 2.86. The van der Waals surface area contributed by atoms with Crippen LogP contribution in [0.25, 0.3) is 10.8 Å². The van der Waals surface area contributed by atoms with Crippen LogP contribution in [0.4, 0.5) is 0 Å². The molecule has 0 aliphatic heterocycles. The summed E-state index contributed by atoms with van der Waals surface area (Å²) >= 11 is 7.67. The van der Waals surface area contributed by atoms with Gasteiger partial charge in [-0.25, -0.2) is 4.79 Å². The van der Waals surface area contributed by atoms with Gasteiger partial charge in [-0.05, 0) is 35.9 Å². The van der Waals surface area contributed by atoms with Crippen molar-refractivity contribution in [2.45, 2.75) is 4.90 Å². The first-order chi connectivity index (χ1) is 10.7. The topological polar surface area (TPSA) is 26.3 Å². The molecular weight excluding hydrogens is 316 g/mol. The number of halogens is 1. The number of carbonyl (C=O) groups excluding carboxylic acids is 1. The van der Waals surface area contributed by atoms with Crippen molar-refractivity contribution in [3.8, 4) is 5.75 Å². The van der Waals surface area contributed by atoms with E-state index in [2.05, 4.69) is 0 Å². The summed E-state index contributed by atoms with van der Waals surface area (Å²) in [4.78, 5) is 13.4. The highest BCUT2D eigenvalue weighted by molar-refractivity contribution is 7.98. The van der Waals surface area contributed by atoms with Crippen molar-refractivity contribution in [2.24, 2.45) is 0 Å². The molecule has 2 nitrogen and oxygen atoms in total. The molecule has 0 fully saturated rings. The first-order valence-corrected chi connectivity index (χ1v) is 8.33. The van der Waals surface area contributed by atoms with Gasteiger partial charge in [0.1, 0.15) is 5.75 Å². The molecule has 3 aromatic carbocycles. The molecule has 0 bridgehead atoms. The monoisotopic (exact) mass is 328 g/mol. The normalized spacial score (nSPS) is 10.6. The molecule has 22 heavy (non-hydrogen) atoms. The summed E-state index contributed by atoms with van der Waals surface area (Å²) in [6.07, 6.45) is 1.95. The number of ether oxygens (including phenoxy) is 1. The van der Waals surface area contributed by atoms with E-state index in [9.17, 15) is 4.79 Å². The van der Waals surface area contributed by atoms with Gasteiger partial charge >= 0.3 is 5.97 Å². The minimum atomic E-state index is -0.447. The van der Waals surface area contributed by atoms with Crippen molar-refractivity contribution >= 4 is 40.1 Å². The summed E-state index contributed by atoms with van der Waals surface area (Å²) < 4.78 is 5.56. The number of hydrogen-bond acceptors (Lipinski definition) is 3. The van der Waals surface area contributed by atoms with Gasteiger partial charge in [-0.1, -0.05) is 48.0 Å². The van der Waals surface area contributed by atoms with Crippen molar-refractivity contribution in [3.05, 3.63) is 71.2 Å². The molecule has 0 N–H and O–H groups in total. The number of fused-ring (bicyclic) bond motifs is 1. The van der Waals surface area contributed by atoms with Crippen LogP contribution in [0.3, 0.4) is 0 Å². The number of hydrogen-bond donors (Lipinski definition) is 0. The summed E-state index contributed by atoms with van der Waals surface area (Å²) in [7, 11) is 0. The Morgan fingerprint density at radius 3 is 2.64 bits per heavy atom. The van der Waals surface area contributed by atoms with E-state index in [1.165, 1.54) is 0 Å². The van der Waals surface area contributed by atoms with E-state index < -0.39 is 5.97 Å². The Morgan fingerprint density at radius 1 is 1.05 bits per heavy atom. The lowest BCUT2D eigenvalue weighted by molar-refractivity contribution is 0.0737. The minimum Gasteiger partial charge on any atom is -0.422 e. The average Bonchev–Trinajstić information content (AvgIpc) is 2.55. The van der Waals surface area contributed by atoms with Crippen LogP contribution in [-0.4, -0.2) is 12.2 Å². The summed E-state index contributed by atoms with van der Waals surface area (Å²) in [6.45, 7) is 0. The zero-order valence-electron chi connectivity index (χ0n) is 11.9. The average molecular weight is 329 g/mol. The van der Waals surface area contributed by atoms with Crippen LogP contribution in [0.15, 0.2) is 65.6 Å². The summed E-state index contributed by atoms with van der Waals surface area (Å²) in [5, 5.41) is 2.32. The molecule has 3 rings (SSSR count). The minimum absolute atomic E-state index is 0.376. The number of rotatable bonds is 3. The van der Waals surface area contributed by atoms with E-state index in [1.807, 2.05) is 48.7 Å². The molecule has 0 aliphatic carbocycles. The number of thioether (sulfide) groups is 1. The van der Waals surface area contributed by atoms with Crippen molar-refractivity contribution < 1.29 is 9.53 Å².